The third kappa shape index (κ3) is 4.06. The Morgan fingerprint density at radius 1 is 1.11 bits per heavy atom. The van der Waals surface area contributed by atoms with Crippen LogP contribution in [-0.4, -0.2) is 5.24 Å². The van der Waals surface area contributed by atoms with Gasteiger partial charge in [-0.1, -0.05) is 44.0 Å². The Hall–Kier alpha value is -0.840. The van der Waals surface area contributed by atoms with E-state index in [-0.39, 0.29) is 0 Å². The Morgan fingerprint density at radius 3 is 2.53 bits per heavy atom. The van der Waals surface area contributed by atoms with E-state index in [0.717, 1.165) is 14.5 Å². The summed E-state index contributed by atoms with van der Waals surface area (Å²) in [5.41, 5.74) is 1.36. The van der Waals surface area contributed by atoms with Gasteiger partial charge in [-0.2, -0.15) is 0 Å². The largest absolute Gasteiger partial charge is 0.488 e. The van der Waals surface area contributed by atoms with Gasteiger partial charge in [-0.25, -0.2) is 0 Å². The summed E-state index contributed by atoms with van der Waals surface area (Å²) in [5.74, 6) is 0.475. The number of rotatable bonds is 4. The molecule has 5 heteroatoms. The van der Waals surface area contributed by atoms with Crippen LogP contribution in [0.15, 0.2) is 51.4 Å². The highest BCUT2D eigenvalue weighted by Crippen LogP contribution is 2.25. The molecule has 0 fully saturated rings. The summed E-state index contributed by atoms with van der Waals surface area (Å²) < 4.78 is 7.42. The lowest BCUT2D eigenvalue weighted by Gasteiger charge is -2.10. The van der Waals surface area contributed by atoms with Gasteiger partial charge in [0.05, 0.1) is 5.56 Å². The first-order chi connectivity index (χ1) is 9.06. The fraction of sp³-hybridized carbons (Fsp3) is 0.0714. The first kappa shape index (κ1) is 14.6. The zero-order chi connectivity index (χ0) is 13.8. The number of ether oxygens (including phenoxy) is 1. The Labute approximate surface area is 133 Å². The van der Waals surface area contributed by atoms with Crippen LogP contribution in [0, 0.1) is 0 Å². The normalized spacial score (nSPS) is 10.3. The van der Waals surface area contributed by atoms with Gasteiger partial charge < -0.3 is 4.74 Å². The minimum Gasteiger partial charge on any atom is -0.488 e. The van der Waals surface area contributed by atoms with Gasteiger partial charge in [0, 0.05) is 8.95 Å². The molecule has 0 bridgehead atoms. The van der Waals surface area contributed by atoms with Crippen LogP contribution in [0.25, 0.3) is 0 Å². The molecule has 0 aliphatic rings. The van der Waals surface area contributed by atoms with Crippen molar-refractivity contribution in [2.24, 2.45) is 0 Å². The van der Waals surface area contributed by atoms with Gasteiger partial charge in [0.25, 0.3) is 5.24 Å². The molecule has 0 atom stereocenters. The maximum absolute atomic E-state index is 11.3. The molecule has 0 amide bonds. The predicted octanol–water partition coefficient (Wildman–Crippen LogP) is 5.17. The van der Waals surface area contributed by atoms with Gasteiger partial charge in [-0.3, -0.25) is 4.79 Å². The minimum atomic E-state index is -0.537. The summed E-state index contributed by atoms with van der Waals surface area (Å²) in [6, 6.07) is 12.9. The van der Waals surface area contributed by atoms with E-state index in [1.807, 2.05) is 24.3 Å². The SMILES string of the molecule is O=C(Cl)c1cc(Br)ccc1OCc1cccc(Br)c1. The monoisotopic (exact) mass is 402 g/mol. The molecule has 2 aromatic rings. The molecule has 0 spiro atoms. The van der Waals surface area contributed by atoms with Crippen LogP contribution in [0.4, 0.5) is 0 Å². The van der Waals surface area contributed by atoms with Gasteiger partial charge >= 0.3 is 0 Å². The lowest BCUT2D eigenvalue weighted by molar-refractivity contribution is 0.107. The molecule has 0 aromatic heterocycles. The van der Waals surface area contributed by atoms with E-state index < -0.39 is 5.24 Å². The van der Waals surface area contributed by atoms with Crippen LogP contribution in [0.2, 0.25) is 0 Å². The van der Waals surface area contributed by atoms with Crippen LogP contribution in [-0.2, 0) is 6.61 Å². The van der Waals surface area contributed by atoms with Crippen molar-refractivity contribution < 1.29 is 9.53 Å². The van der Waals surface area contributed by atoms with Crippen molar-refractivity contribution in [2.45, 2.75) is 6.61 Å². The van der Waals surface area contributed by atoms with Crippen LogP contribution in [0.5, 0.6) is 5.75 Å². The molecule has 0 radical (unpaired) electrons. The highest BCUT2D eigenvalue weighted by Gasteiger charge is 2.11. The number of carbonyl (C=O) groups excluding carboxylic acids is 1. The van der Waals surface area contributed by atoms with E-state index in [2.05, 4.69) is 31.9 Å². The maximum Gasteiger partial charge on any atom is 0.256 e. The second kappa shape index (κ2) is 6.55. The quantitative estimate of drug-likeness (QED) is 0.657. The van der Waals surface area contributed by atoms with E-state index >= 15 is 0 Å². The van der Waals surface area contributed by atoms with Gasteiger partial charge in [0.1, 0.15) is 12.4 Å². The first-order valence-corrected chi connectivity index (χ1v) is 7.39. The molecule has 98 valence electrons. The van der Waals surface area contributed by atoms with Crippen LogP contribution in [0.1, 0.15) is 15.9 Å². The number of halogens is 3. The Balaban J connectivity index is 2.17. The number of hydrogen-bond donors (Lipinski definition) is 0. The van der Waals surface area contributed by atoms with Crippen molar-refractivity contribution in [3.8, 4) is 5.75 Å². The fourth-order valence-corrected chi connectivity index (χ4v) is 2.52. The molecule has 0 saturated carbocycles. The summed E-state index contributed by atoms with van der Waals surface area (Å²) in [5, 5.41) is -0.537. The zero-order valence-corrected chi connectivity index (χ0v) is 13.6. The maximum atomic E-state index is 11.3. The van der Waals surface area contributed by atoms with Crippen molar-refractivity contribution >= 4 is 48.7 Å². The summed E-state index contributed by atoms with van der Waals surface area (Å²) in [7, 11) is 0. The van der Waals surface area contributed by atoms with Crippen molar-refractivity contribution in [2.75, 3.05) is 0 Å². The average molecular weight is 404 g/mol. The highest BCUT2D eigenvalue weighted by molar-refractivity contribution is 9.10. The van der Waals surface area contributed by atoms with Crippen molar-refractivity contribution in [3.05, 3.63) is 62.5 Å². The Kier molecular flexibility index (Phi) is 5.02. The third-order valence-electron chi connectivity index (χ3n) is 2.44. The predicted molar refractivity (Wildman–Crippen MR) is 82.8 cm³/mol. The van der Waals surface area contributed by atoms with Gasteiger partial charge in [0.15, 0.2) is 0 Å². The van der Waals surface area contributed by atoms with Crippen molar-refractivity contribution in [1.29, 1.82) is 0 Å². The van der Waals surface area contributed by atoms with E-state index in [0.29, 0.717) is 17.9 Å². The highest BCUT2D eigenvalue weighted by atomic mass is 79.9. The number of hydrogen-bond acceptors (Lipinski definition) is 2. The van der Waals surface area contributed by atoms with Crippen LogP contribution >= 0.6 is 43.5 Å². The van der Waals surface area contributed by atoms with E-state index in [4.69, 9.17) is 16.3 Å². The van der Waals surface area contributed by atoms with Crippen molar-refractivity contribution in [3.63, 3.8) is 0 Å². The molecule has 0 aliphatic heterocycles. The summed E-state index contributed by atoms with van der Waals surface area (Å²) in [6.45, 7) is 0.373. The molecule has 0 unspecified atom stereocenters. The molecule has 19 heavy (non-hydrogen) atoms. The van der Waals surface area contributed by atoms with Gasteiger partial charge in [-0.05, 0) is 47.5 Å². The zero-order valence-electron chi connectivity index (χ0n) is 9.70. The lowest BCUT2D eigenvalue weighted by Crippen LogP contribution is -2.00. The Bertz CT molecular complexity index is 614. The lowest BCUT2D eigenvalue weighted by atomic mass is 10.2. The fourth-order valence-electron chi connectivity index (χ4n) is 1.57. The minimum absolute atomic E-state index is 0.353. The molecular weight excluding hydrogens is 395 g/mol. The van der Waals surface area contributed by atoms with E-state index in [1.165, 1.54) is 0 Å². The smallest absolute Gasteiger partial charge is 0.256 e. The van der Waals surface area contributed by atoms with Gasteiger partial charge in [0.2, 0.25) is 0 Å². The van der Waals surface area contributed by atoms with Gasteiger partial charge in [-0.15, -0.1) is 0 Å². The molecule has 0 aliphatic carbocycles. The Morgan fingerprint density at radius 2 is 1.84 bits per heavy atom. The molecular formula is C14H9Br2ClO2. The number of benzene rings is 2. The topological polar surface area (TPSA) is 26.3 Å². The standard InChI is InChI=1S/C14H9Br2ClO2/c15-10-3-1-2-9(6-10)8-19-13-5-4-11(16)7-12(13)14(17)18/h1-7H,8H2. The molecule has 2 aromatic carbocycles. The summed E-state index contributed by atoms with van der Waals surface area (Å²) in [4.78, 5) is 11.3. The molecule has 2 nitrogen and oxygen atoms in total. The third-order valence-corrected chi connectivity index (χ3v) is 3.63. The van der Waals surface area contributed by atoms with E-state index in [1.54, 1.807) is 18.2 Å². The molecule has 2 rings (SSSR count). The molecule has 0 N–H and O–H groups in total. The first-order valence-electron chi connectivity index (χ1n) is 5.43. The second-order valence-corrected chi connectivity index (χ2v) is 6.01. The molecule has 0 saturated heterocycles. The number of carbonyl (C=O) groups is 1. The van der Waals surface area contributed by atoms with Crippen LogP contribution in [0.3, 0.4) is 0 Å². The van der Waals surface area contributed by atoms with Crippen LogP contribution < -0.4 is 4.74 Å². The van der Waals surface area contributed by atoms with E-state index in [9.17, 15) is 4.79 Å². The van der Waals surface area contributed by atoms with Crippen molar-refractivity contribution in [1.82, 2.24) is 0 Å². The summed E-state index contributed by atoms with van der Waals surface area (Å²) in [6.07, 6.45) is 0. The second-order valence-electron chi connectivity index (χ2n) is 3.83. The average Bonchev–Trinajstić information content (AvgIpc) is 2.37. The summed E-state index contributed by atoms with van der Waals surface area (Å²) >= 11 is 12.2. The molecule has 0 heterocycles.